The SMILES string of the molecule is CC(C)CN(C(=O)COc1ccccc1CN)C(C)C. The number of carbonyl (C=O) groups excluding carboxylic acids is 1. The van der Waals surface area contributed by atoms with E-state index in [4.69, 9.17) is 10.5 Å². The first kappa shape index (κ1) is 16.5. The molecule has 20 heavy (non-hydrogen) atoms. The summed E-state index contributed by atoms with van der Waals surface area (Å²) in [6.45, 7) is 9.47. The third kappa shape index (κ3) is 4.85. The fourth-order valence-corrected chi connectivity index (χ4v) is 2.03. The fraction of sp³-hybridized carbons (Fsp3) is 0.562. The van der Waals surface area contributed by atoms with Crippen LogP contribution >= 0.6 is 0 Å². The summed E-state index contributed by atoms with van der Waals surface area (Å²) < 4.78 is 5.63. The number of hydrogen-bond donors (Lipinski definition) is 1. The van der Waals surface area contributed by atoms with Gasteiger partial charge >= 0.3 is 0 Å². The molecule has 0 radical (unpaired) electrons. The summed E-state index contributed by atoms with van der Waals surface area (Å²) in [4.78, 5) is 14.1. The molecule has 2 N–H and O–H groups in total. The molecule has 1 amide bonds. The van der Waals surface area contributed by atoms with Crippen LogP contribution in [0.3, 0.4) is 0 Å². The quantitative estimate of drug-likeness (QED) is 0.833. The van der Waals surface area contributed by atoms with Crippen molar-refractivity contribution in [3.63, 3.8) is 0 Å². The van der Waals surface area contributed by atoms with Crippen LogP contribution in [-0.4, -0.2) is 30.0 Å². The molecule has 4 heteroatoms. The summed E-state index contributed by atoms with van der Waals surface area (Å²) in [7, 11) is 0. The van der Waals surface area contributed by atoms with Crippen molar-refractivity contribution in [2.24, 2.45) is 11.7 Å². The molecule has 1 aromatic carbocycles. The summed E-state index contributed by atoms with van der Waals surface area (Å²) >= 11 is 0. The summed E-state index contributed by atoms with van der Waals surface area (Å²) in [5.41, 5.74) is 6.57. The van der Waals surface area contributed by atoms with Gasteiger partial charge in [-0.1, -0.05) is 32.0 Å². The van der Waals surface area contributed by atoms with Crippen molar-refractivity contribution in [3.05, 3.63) is 29.8 Å². The van der Waals surface area contributed by atoms with E-state index in [0.29, 0.717) is 18.2 Å². The molecule has 1 aromatic rings. The van der Waals surface area contributed by atoms with E-state index in [0.717, 1.165) is 12.1 Å². The van der Waals surface area contributed by atoms with Crippen LogP contribution in [-0.2, 0) is 11.3 Å². The summed E-state index contributed by atoms with van der Waals surface area (Å²) in [5.74, 6) is 1.15. The number of nitrogens with zero attached hydrogens (tertiary/aromatic N) is 1. The summed E-state index contributed by atoms with van der Waals surface area (Å²) in [6.07, 6.45) is 0. The lowest BCUT2D eigenvalue weighted by Gasteiger charge is -2.28. The molecule has 4 nitrogen and oxygen atoms in total. The van der Waals surface area contributed by atoms with Crippen molar-refractivity contribution >= 4 is 5.91 Å². The lowest BCUT2D eigenvalue weighted by molar-refractivity contribution is -0.135. The van der Waals surface area contributed by atoms with Gasteiger partial charge in [0.25, 0.3) is 5.91 Å². The van der Waals surface area contributed by atoms with E-state index >= 15 is 0 Å². The van der Waals surface area contributed by atoms with Crippen molar-refractivity contribution in [1.82, 2.24) is 4.90 Å². The van der Waals surface area contributed by atoms with Gasteiger partial charge in [-0.05, 0) is 25.8 Å². The molecule has 0 aliphatic rings. The molecule has 0 aliphatic carbocycles. The molecule has 0 aliphatic heterocycles. The van der Waals surface area contributed by atoms with Crippen molar-refractivity contribution in [2.45, 2.75) is 40.3 Å². The van der Waals surface area contributed by atoms with Crippen LogP contribution in [0.4, 0.5) is 0 Å². The molecule has 0 fully saturated rings. The summed E-state index contributed by atoms with van der Waals surface area (Å²) in [6, 6.07) is 7.73. The zero-order valence-corrected chi connectivity index (χ0v) is 12.9. The molecule has 0 unspecified atom stereocenters. The van der Waals surface area contributed by atoms with Gasteiger partial charge in [-0.3, -0.25) is 4.79 Å². The molecule has 0 aromatic heterocycles. The van der Waals surface area contributed by atoms with E-state index in [9.17, 15) is 4.79 Å². The average Bonchev–Trinajstić information content (AvgIpc) is 2.42. The van der Waals surface area contributed by atoms with Gasteiger partial charge in [0, 0.05) is 24.7 Å². The fourth-order valence-electron chi connectivity index (χ4n) is 2.03. The van der Waals surface area contributed by atoms with Gasteiger partial charge < -0.3 is 15.4 Å². The lowest BCUT2D eigenvalue weighted by atomic mass is 10.2. The molecular weight excluding hydrogens is 252 g/mol. The lowest BCUT2D eigenvalue weighted by Crippen LogP contribution is -2.42. The second-order valence-corrected chi connectivity index (χ2v) is 5.63. The number of hydrogen-bond acceptors (Lipinski definition) is 3. The minimum Gasteiger partial charge on any atom is -0.483 e. The van der Waals surface area contributed by atoms with Crippen molar-refractivity contribution in [2.75, 3.05) is 13.2 Å². The molecule has 0 heterocycles. The Balaban J connectivity index is 2.65. The number of nitrogens with two attached hydrogens (primary N) is 1. The number of benzene rings is 1. The van der Waals surface area contributed by atoms with Crippen LogP contribution in [0.25, 0.3) is 0 Å². The van der Waals surface area contributed by atoms with Crippen molar-refractivity contribution in [3.8, 4) is 5.75 Å². The van der Waals surface area contributed by atoms with E-state index in [-0.39, 0.29) is 18.6 Å². The normalized spacial score (nSPS) is 10.9. The number of rotatable bonds is 7. The predicted octanol–water partition coefficient (Wildman–Crippen LogP) is 2.42. The van der Waals surface area contributed by atoms with Crippen molar-refractivity contribution in [1.29, 1.82) is 0 Å². The Hall–Kier alpha value is -1.55. The Kier molecular flexibility index (Phi) is 6.52. The first-order valence-corrected chi connectivity index (χ1v) is 7.16. The zero-order valence-electron chi connectivity index (χ0n) is 12.9. The van der Waals surface area contributed by atoms with E-state index in [1.54, 1.807) is 0 Å². The average molecular weight is 278 g/mol. The third-order valence-corrected chi connectivity index (χ3v) is 3.05. The van der Waals surface area contributed by atoms with E-state index < -0.39 is 0 Å². The van der Waals surface area contributed by atoms with Crippen LogP contribution in [0.15, 0.2) is 24.3 Å². The van der Waals surface area contributed by atoms with Gasteiger partial charge in [-0.25, -0.2) is 0 Å². The minimum atomic E-state index is 0.0144. The second-order valence-electron chi connectivity index (χ2n) is 5.63. The highest BCUT2D eigenvalue weighted by molar-refractivity contribution is 5.78. The van der Waals surface area contributed by atoms with Gasteiger partial charge in [0.05, 0.1) is 0 Å². The summed E-state index contributed by atoms with van der Waals surface area (Å²) in [5, 5.41) is 0. The van der Waals surface area contributed by atoms with Crippen LogP contribution < -0.4 is 10.5 Å². The molecule has 0 spiro atoms. The number of amides is 1. The van der Waals surface area contributed by atoms with Gasteiger partial charge in [0.2, 0.25) is 0 Å². The Morgan fingerprint density at radius 1 is 1.25 bits per heavy atom. The molecule has 1 rings (SSSR count). The molecule has 0 saturated heterocycles. The van der Waals surface area contributed by atoms with Crippen LogP contribution in [0.2, 0.25) is 0 Å². The van der Waals surface area contributed by atoms with Gasteiger partial charge in [0.1, 0.15) is 5.75 Å². The number of para-hydroxylation sites is 1. The monoisotopic (exact) mass is 278 g/mol. The van der Waals surface area contributed by atoms with E-state index in [2.05, 4.69) is 13.8 Å². The topological polar surface area (TPSA) is 55.6 Å². The van der Waals surface area contributed by atoms with E-state index in [1.165, 1.54) is 0 Å². The van der Waals surface area contributed by atoms with Crippen LogP contribution in [0.5, 0.6) is 5.75 Å². The first-order valence-electron chi connectivity index (χ1n) is 7.16. The molecule has 0 saturated carbocycles. The molecule has 112 valence electrons. The van der Waals surface area contributed by atoms with Crippen molar-refractivity contribution < 1.29 is 9.53 Å². The Bertz CT molecular complexity index is 430. The van der Waals surface area contributed by atoms with E-state index in [1.807, 2.05) is 43.0 Å². The zero-order chi connectivity index (χ0) is 15.1. The third-order valence-electron chi connectivity index (χ3n) is 3.05. The van der Waals surface area contributed by atoms with Crippen LogP contribution in [0, 0.1) is 5.92 Å². The largest absolute Gasteiger partial charge is 0.483 e. The Labute approximate surface area is 121 Å². The smallest absolute Gasteiger partial charge is 0.260 e. The highest BCUT2D eigenvalue weighted by Crippen LogP contribution is 2.17. The van der Waals surface area contributed by atoms with Gasteiger partial charge in [0.15, 0.2) is 6.61 Å². The Morgan fingerprint density at radius 3 is 2.45 bits per heavy atom. The van der Waals surface area contributed by atoms with Gasteiger partial charge in [-0.2, -0.15) is 0 Å². The minimum absolute atomic E-state index is 0.0144. The maximum absolute atomic E-state index is 12.3. The number of ether oxygens (including phenoxy) is 1. The highest BCUT2D eigenvalue weighted by Gasteiger charge is 2.18. The number of carbonyl (C=O) groups is 1. The van der Waals surface area contributed by atoms with Crippen LogP contribution in [0.1, 0.15) is 33.3 Å². The molecule has 0 bridgehead atoms. The maximum atomic E-state index is 12.3. The van der Waals surface area contributed by atoms with Gasteiger partial charge in [-0.15, -0.1) is 0 Å². The molecule has 0 atom stereocenters. The maximum Gasteiger partial charge on any atom is 0.260 e. The first-order chi connectivity index (χ1) is 9.45. The Morgan fingerprint density at radius 2 is 1.90 bits per heavy atom. The predicted molar refractivity (Wildman–Crippen MR) is 81.5 cm³/mol. The standard InChI is InChI=1S/C16H26N2O2/c1-12(2)10-18(13(3)4)16(19)11-20-15-8-6-5-7-14(15)9-17/h5-8,12-13H,9-11,17H2,1-4H3. The second kappa shape index (κ2) is 7.90. The highest BCUT2D eigenvalue weighted by atomic mass is 16.5. The molecular formula is C16H26N2O2.